The predicted molar refractivity (Wildman–Crippen MR) is 64.8 cm³/mol. The number of nitrogens with two attached hydrogens (primary N) is 1. The van der Waals surface area contributed by atoms with E-state index in [0.29, 0.717) is 11.5 Å². The molecule has 1 aliphatic rings. The minimum atomic E-state index is 0.213. The van der Waals surface area contributed by atoms with Crippen LogP contribution in [0.4, 0.5) is 0 Å². The maximum absolute atomic E-state index is 5.92. The molecule has 0 bridgehead atoms. The Morgan fingerprint density at radius 3 is 2.60 bits per heavy atom. The molecule has 0 aliphatic heterocycles. The van der Waals surface area contributed by atoms with Crippen LogP contribution in [0.15, 0.2) is 0 Å². The van der Waals surface area contributed by atoms with E-state index in [0.717, 1.165) is 18.9 Å². The normalized spacial score (nSPS) is 32.6. The van der Waals surface area contributed by atoms with Gasteiger partial charge in [-0.1, -0.05) is 27.7 Å². The Morgan fingerprint density at radius 1 is 1.40 bits per heavy atom. The molecular weight excluding hydrogens is 186 g/mol. The molecule has 0 saturated heterocycles. The van der Waals surface area contributed by atoms with Gasteiger partial charge < -0.3 is 10.5 Å². The fourth-order valence-corrected chi connectivity index (χ4v) is 2.76. The van der Waals surface area contributed by atoms with Crippen molar-refractivity contribution in [3.63, 3.8) is 0 Å². The quantitative estimate of drug-likeness (QED) is 0.779. The monoisotopic (exact) mass is 213 g/mol. The molecular formula is C13H27NO. The van der Waals surface area contributed by atoms with E-state index in [-0.39, 0.29) is 6.04 Å². The van der Waals surface area contributed by atoms with Crippen LogP contribution < -0.4 is 5.73 Å². The minimum Gasteiger partial charge on any atom is -0.377 e. The smallest absolute Gasteiger partial charge is 0.0621 e. The summed E-state index contributed by atoms with van der Waals surface area (Å²) in [5.41, 5.74) is 6.31. The van der Waals surface area contributed by atoms with E-state index in [2.05, 4.69) is 27.7 Å². The Morgan fingerprint density at radius 2 is 2.07 bits per heavy atom. The Hall–Kier alpha value is -0.0800. The molecule has 0 spiro atoms. The lowest BCUT2D eigenvalue weighted by molar-refractivity contribution is -0.0278. The van der Waals surface area contributed by atoms with E-state index in [4.69, 9.17) is 10.5 Å². The van der Waals surface area contributed by atoms with Crippen molar-refractivity contribution >= 4 is 0 Å². The van der Waals surface area contributed by atoms with E-state index in [1.54, 1.807) is 0 Å². The summed E-state index contributed by atoms with van der Waals surface area (Å²) < 4.78 is 5.92. The highest BCUT2D eigenvalue weighted by Gasteiger charge is 2.32. The number of rotatable bonds is 4. The highest BCUT2D eigenvalue weighted by molar-refractivity contribution is 4.83. The molecule has 1 saturated carbocycles. The van der Waals surface area contributed by atoms with Gasteiger partial charge in [-0.15, -0.1) is 0 Å². The lowest BCUT2D eigenvalue weighted by atomic mass is 9.71. The molecule has 90 valence electrons. The van der Waals surface area contributed by atoms with Crippen molar-refractivity contribution in [1.29, 1.82) is 0 Å². The molecule has 0 aromatic rings. The van der Waals surface area contributed by atoms with Gasteiger partial charge >= 0.3 is 0 Å². The van der Waals surface area contributed by atoms with E-state index in [1.165, 1.54) is 19.3 Å². The Balaban J connectivity index is 2.35. The molecule has 15 heavy (non-hydrogen) atoms. The molecule has 2 N–H and O–H groups in total. The molecule has 3 atom stereocenters. The third-order valence-electron chi connectivity index (χ3n) is 3.42. The molecule has 3 unspecified atom stereocenters. The molecule has 2 heteroatoms. The first-order valence-corrected chi connectivity index (χ1v) is 6.30. The van der Waals surface area contributed by atoms with Gasteiger partial charge in [0.15, 0.2) is 0 Å². The number of hydrogen-bond acceptors (Lipinski definition) is 2. The van der Waals surface area contributed by atoms with Gasteiger partial charge in [0.2, 0.25) is 0 Å². The van der Waals surface area contributed by atoms with Crippen molar-refractivity contribution in [2.24, 2.45) is 17.1 Å². The topological polar surface area (TPSA) is 35.2 Å². The van der Waals surface area contributed by atoms with Gasteiger partial charge in [0.25, 0.3) is 0 Å². The van der Waals surface area contributed by atoms with Crippen LogP contribution in [0.3, 0.4) is 0 Å². The Labute approximate surface area is 94.6 Å². The second-order valence-electron chi connectivity index (χ2n) is 6.04. The average Bonchev–Trinajstić information content (AvgIpc) is 2.11. The van der Waals surface area contributed by atoms with Gasteiger partial charge in [-0.2, -0.15) is 0 Å². The van der Waals surface area contributed by atoms with Gasteiger partial charge in [-0.05, 0) is 37.0 Å². The summed E-state index contributed by atoms with van der Waals surface area (Å²) in [5.74, 6) is 0.789. The summed E-state index contributed by atoms with van der Waals surface area (Å²) in [6, 6.07) is 0.213. The lowest BCUT2D eigenvalue weighted by Gasteiger charge is -2.39. The van der Waals surface area contributed by atoms with E-state index < -0.39 is 0 Å². The fourth-order valence-electron chi connectivity index (χ4n) is 2.76. The van der Waals surface area contributed by atoms with Crippen LogP contribution in [-0.4, -0.2) is 18.8 Å². The van der Waals surface area contributed by atoms with Gasteiger partial charge in [0.05, 0.1) is 12.7 Å². The molecule has 1 fully saturated rings. The van der Waals surface area contributed by atoms with Gasteiger partial charge in [0.1, 0.15) is 0 Å². The zero-order valence-electron chi connectivity index (χ0n) is 10.8. The van der Waals surface area contributed by atoms with Crippen LogP contribution in [-0.2, 0) is 4.74 Å². The summed E-state index contributed by atoms with van der Waals surface area (Å²) in [6.07, 6.45) is 5.16. The lowest BCUT2D eigenvalue weighted by Crippen LogP contribution is -2.35. The van der Waals surface area contributed by atoms with Crippen molar-refractivity contribution < 1.29 is 4.74 Å². The summed E-state index contributed by atoms with van der Waals surface area (Å²) in [4.78, 5) is 0. The fraction of sp³-hybridized carbons (Fsp3) is 1.00. The highest BCUT2D eigenvalue weighted by atomic mass is 16.5. The molecule has 0 heterocycles. The van der Waals surface area contributed by atoms with Crippen molar-refractivity contribution in [2.45, 2.75) is 65.5 Å². The van der Waals surface area contributed by atoms with Crippen LogP contribution in [0.5, 0.6) is 0 Å². The molecule has 0 amide bonds. The summed E-state index contributed by atoms with van der Waals surface area (Å²) in [6.45, 7) is 9.86. The van der Waals surface area contributed by atoms with Crippen LogP contribution in [0.25, 0.3) is 0 Å². The van der Waals surface area contributed by atoms with E-state index >= 15 is 0 Å². The van der Waals surface area contributed by atoms with E-state index in [1.807, 2.05) is 0 Å². The molecule has 1 rings (SSSR count). The summed E-state index contributed by atoms with van der Waals surface area (Å²) >= 11 is 0. The van der Waals surface area contributed by atoms with Gasteiger partial charge in [0, 0.05) is 6.04 Å². The molecule has 1 aliphatic carbocycles. The molecule has 0 aromatic carbocycles. The van der Waals surface area contributed by atoms with Crippen molar-refractivity contribution in [3.8, 4) is 0 Å². The van der Waals surface area contributed by atoms with Crippen LogP contribution in [0.2, 0.25) is 0 Å². The maximum atomic E-state index is 5.92. The van der Waals surface area contributed by atoms with Gasteiger partial charge in [-0.25, -0.2) is 0 Å². The van der Waals surface area contributed by atoms with Gasteiger partial charge in [-0.3, -0.25) is 0 Å². The summed E-state index contributed by atoms with van der Waals surface area (Å²) in [5, 5.41) is 0. The Bertz CT molecular complexity index is 191. The summed E-state index contributed by atoms with van der Waals surface area (Å²) in [7, 11) is 0. The zero-order chi connectivity index (χ0) is 11.5. The third kappa shape index (κ3) is 4.52. The first kappa shape index (κ1) is 13.0. The standard InChI is InChI=1S/C13H27NO/c1-5-11(14)9-15-12-6-10(2)7-13(3,4)8-12/h10-12H,5-9,14H2,1-4H3. The first-order valence-electron chi connectivity index (χ1n) is 6.30. The minimum absolute atomic E-state index is 0.213. The molecule has 2 nitrogen and oxygen atoms in total. The van der Waals surface area contributed by atoms with Crippen LogP contribution >= 0.6 is 0 Å². The molecule has 0 aromatic heterocycles. The number of hydrogen-bond donors (Lipinski definition) is 1. The first-order chi connectivity index (χ1) is 6.93. The average molecular weight is 213 g/mol. The Kier molecular flexibility index (Phi) is 4.60. The number of ether oxygens (including phenoxy) is 1. The van der Waals surface area contributed by atoms with Crippen LogP contribution in [0.1, 0.15) is 53.4 Å². The van der Waals surface area contributed by atoms with Crippen molar-refractivity contribution in [3.05, 3.63) is 0 Å². The second-order valence-corrected chi connectivity index (χ2v) is 6.04. The zero-order valence-corrected chi connectivity index (χ0v) is 10.8. The maximum Gasteiger partial charge on any atom is 0.0621 e. The van der Waals surface area contributed by atoms with Crippen LogP contribution in [0, 0.1) is 11.3 Å². The van der Waals surface area contributed by atoms with Crippen molar-refractivity contribution in [1.82, 2.24) is 0 Å². The SMILES string of the molecule is CCC(N)COC1CC(C)CC(C)(C)C1. The predicted octanol–water partition coefficient (Wildman–Crippen LogP) is 2.96. The van der Waals surface area contributed by atoms with E-state index in [9.17, 15) is 0 Å². The third-order valence-corrected chi connectivity index (χ3v) is 3.42. The molecule has 0 radical (unpaired) electrons. The highest BCUT2D eigenvalue weighted by Crippen LogP contribution is 2.39. The largest absolute Gasteiger partial charge is 0.377 e. The second kappa shape index (κ2) is 5.31. The van der Waals surface area contributed by atoms with Crippen molar-refractivity contribution in [2.75, 3.05) is 6.61 Å².